The van der Waals surface area contributed by atoms with Crippen molar-refractivity contribution in [1.82, 2.24) is 4.90 Å². The lowest BCUT2D eigenvalue weighted by atomic mass is 9.82. The molecule has 12 heteroatoms. The van der Waals surface area contributed by atoms with Crippen molar-refractivity contribution in [2.45, 2.75) is 97.1 Å². The first-order chi connectivity index (χ1) is 15.3. The van der Waals surface area contributed by atoms with E-state index in [0.29, 0.717) is 0 Å². The molecule has 1 fully saturated rings. The number of carbonyl (C=O) groups is 3. The van der Waals surface area contributed by atoms with Gasteiger partial charge < -0.3 is 9.47 Å². The summed E-state index contributed by atoms with van der Waals surface area (Å²) < 4.78 is 86.7. The van der Waals surface area contributed by atoms with Gasteiger partial charge in [-0.05, 0) is 52.4 Å². The number of carbonyl (C=O) groups excluding carboxylic acids is 3. The average Bonchev–Trinajstić information content (AvgIpc) is 3.01. The van der Waals surface area contributed by atoms with Crippen LogP contribution in [0.2, 0.25) is 0 Å². The molecule has 1 aliphatic heterocycles. The molecule has 0 radical (unpaired) electrons. The molecule has 0 aromatic heterocycles. The average molecular weight is 505 g/mol. The second-order valence-corrected chi connectivity index (χ2v) is 9.86. The Balaban J connectivity index is 3.31. The molecule has 198 valence electrons. The second kappa shape index (κ2) is 11.6. The summed E-state index contributed by atoms with van der Waals surface area (Å²) in [4.78, 5) is 39.4. The van der Waals surface area contributed by atoms with Crippen molar-refractivity contribution in [3.63, 3.8) is 0 Å². The number of cyclic esters (lactones) is 1. The Kier molecular flexibility index (Phi) is 10.3. The molecule has 2 amide bonds. The standard InChI is InChI=1S/C22H33F6NO5/c1-13(2)16-12-33-19(32)29(16)17(30)14(8-6-10-21(23,24)25)15(9-7-11-22(26,27)28)18(31)34-20(3,4)5/h13-16H,6-12H2,1-5H3/t14-,15-,16-/m1/s1. The normalized spacial score (nSPS) is 19.2. The molecule has 6 nitrogen and oxygen atoms in total. The smallest absolute Gasteiger partial charge is 0.416 e. The number of hydrogen-bond donors (Lipinski definition) is 0. The Morgan fingerprint density at radius 2 is 1.44 bits per heavy atom. The number of nitrogens with zero attached hydrogens (tertiary/aromatic N) is 1. The van der Waals surface area contributed by atoms with Gasteiger partial charge in [-0.2, -0.15) is 26.3 Å². The van der Waals surface area contributed by atoms with Crippen LogP contribution < -0.4 is 0 Å². The largest absolute Gasteiger partial charge is 0.460 e. The predicted octanol–water partition coefficient (Wildman–Crippen LogP) is 6.03. The molecule has 1 heterocycles. The van der Waals surface area contributed by atoms with Gasteiger partial charge in [0, 0.05) is 12.8 Å². The second-order valence-electron chi connectivity index (χ2n) is 9.86. The molecule has 0 saturated carbocycles. The Morgan fingerprint density at radius 3 is 1.85 bits per heavy atom. The van der Waals surface area contributed by atoms with Crippen molar-refractivity contribution in [3.8, 4) is 0 Å². The van der Waals surface area contributed by atoms with E-state index >= 15 is 0 Å². The van der Waals surface area contributed by atoms with Gasteiger partial charge in [-0.3, -0.25) is 9.59 Å². The molecule has 1 saturated heterocycles. The Bertz CT molecular complexity index is 714. The molecule has 0 aliphatic carbocycles. The maximum atomic E-state index is 13.4. The van der Waals surface area contributed by atoms with E-state index in [1.807, 2.05) is 0 Å². The minimum Gasteiger partial charge on any atom is -0.460 e. The highest BCUT2D eigenvalue weighted by Gasteiger charge is 2.46. The van der Waals surface area contributed by atoms with Gasteiger partial charge in [-0.15, -0.1) is 0 Å². The number of rotatable bonds is 10. The minimum atomic E-state index is -4.53. The zero-order valence-electron chi connectivity index (χ0n) is 20.0. The van der Waals surface area contributed by atoms with Gasteiger partial charge in [-0.25, -0.2) is 9.69 Å². The maximum absolute atomic E-state index is 13.4. The fourth-order valence-electron chi connectivity index (χ4n) is 3.76. The first kappa shape index (κ1) is 30.0. The van der Waals surface area contributed by atoms with Crippen molar-refractivity contribution in [2.24, 2.45) is 17.8 Å². The fraction of sp³-hybridized carbons (Fsp3) is 0.864. The topological polar surface area (TPSA) is 72.9 Å². The zero-order valence-corrected chi connectivity index (χ0v) is 20.0. The van der Waals surface area contributed by atoms with Crippen LogP contribution in [0, 0.1) is 17.8 Å². The third-order valence-corrected chi connectivity index (χ3v) is 5.38. The number of alkyl halides is 6. The van der Waals surface area contributed by atoms with Gasteiger partial charge in [0.15, 0.2) is 0 Å². The number of imide groups is 1. The predicted molar refractivity (Wildman–Crippen MR) is 109 cm³/mol. The maximum Gasteiger partial charge on any atom is 0.416 e. The van der Waals surface area contributed by atoms with E-state index < -0.39 is 92.3 Å². The quantitative estimate of drug-likeness (QED) is 0.268. The van der Waals surface area contributed by atoms with Gasteiger partial charge >= 0.3 is 24.4 Å². The summed E-state index contributed by atoms with van der Waals surface area (Å²) in [6.07, 6.45) is -14.5. The monoisotopic (exact) mass is 505 g/mol. The van der Waals surface area contributed by atoms with Gasteiger partial charge in [0.25, 0.3) is 0 Å². The van der Waals surface area contributed by atoms with Crippen LogP contribution in [-0.4, -0.2) is 53.5 Å². The summed E-state index contributed by atoms with van der Waals surface area (Å²) >= 11 is 0. The molecule has 34 heavy (non-hydrogen) atoms. The highest BCUT2D eigenvalue weighted by Crippen LogP contribution is 2.35. The van der Waals surface area contributed by atoms with Crippen LogP contribution in [0.3, 0.4) is 0 Å². The lowest BCUT2D eigenvalue weighted by Crippen LogP contribution is -2.48. The van der Waals surface area contributed by atoms with Gasteiger partial charge in [0.05, 0.1) is 17.9 Å². The number of hydrogen-bond acceptors (Lipinski definition) is 5. The summed E-state index contributed by atoms with van der Waals surface area (Å²) in [6, 6.07) is -0.709. The van der Waals surface area contributed by atoms with Crippen LogP contribution >= 0.6 is 0 Å². The lowest BCUT2D eigenvalue weighted by molar-refractivity contribution is -0.167. The molecule has 0 N–H and O–H groups in total. The number of amides is 2. The van der Waals surface area contributed by atoms with E-state index in [2.05, 4.69) is 0 Å². The molecule has 0 aromatic carbocycles. The summed E-state index contributed by atoms with van der Waals surface area (Å²) in [5.41, 5.74) is -1.05. The zero-order chi connectivity index (χ0) is 26.5. The summed E-state index contributed by atoms with van der Waals surface area (Å²) in [5, 5.41) is 0. The van der Waals surface area contributed by atoms with E-state index in [1.165, 1.54) is 20.8 Å². The Hall–Kier alpha value is -2.01. The SMILES string of the molecule is CC(C)[C@H]1COC(=O)N1C(=O)[C@H](CCCC(F)(F)F)[C@@H](CCCC(F)(F)F)C(=O)OC(C)(C)C. The summed E-state index contributed by atoms with van der Waals surface area (Å²) in [7, 11) is 0. The van der Waals surface area contributed by atoms with E-state index in [4.69, 9.17) is 9.47 Å². The Morgan fingerprint density at radius 1 is 0.971 bits per heavy atom. The number of ether oxygens (including phenoxy) is 2. The number of esters is 1. The van der Waals surface area contributed by atoms with E-state index in [9.17, 15) is 40.7 Å². The van der Waals surface area contributed by atoms with Gasteiger partial charge in [-0.1, -0.05) is 13.8 Å². The number of halogens is 6. The Labute approximate surface area is 195 Å². The van der Waals surface area contributed by atoms with Crippen LogP contribution in [0.25, 0.3) is 0 Å². The summed E-state index contributed by atoms with van der Waals surface area (Å²) in [6.45, 7) is 7.85. The highest BCUT2D eigenvalue weighted by molar-refractivity contribution is 5.96. The first-order valence-electron chi connectivity index (χ1n) is 11.2. The molecular formula is C22H33F6NO5. The molecule has 0 aromatic rings. The van der Waals surface area contributed by atoms with Crippen LogP contribution in [0.5, 0.6) is 0 Å². The molecule has 3 atom stereocenters. The first-order valence-corrected chi connectivity index (χ1v) is 11.2. The molecule has 0 bridgehead atoms. The highest BCUT2D eigenvalue weighted by atomic mass is 19.4. The van der Waals surface area contributed by atoms with Crippen LogP contribution in [-0.2, 0) is 19.1 Å². The van der Waals surface area contributed by atoms with Crippen molar-refractivity contribution in [3.05, 3.63) is 0 Å². The molecule has 0 unspecified atom stereocenters. The van der Waals surface area contributed by atoms with Crippen LogP contribution in [0.15, 0.2) is 0 Å². The van der Waals surface area contributed by atoms with Crippen LogP contribution in [0.4, 0.5) is 31.1 Å². The van der Waals surface area contributed by atoms with Gasteiger partial charge in [0.1, 0.15) is 12.2 Å². The van der Waals surface area contributed by atoms with Crippen molar-refractivity contribution in [2.75, 3.05) is 6.61 Å². The van der Waals surface area contributed by atoms with Crippen molar-refractivity contribution in [1.29, 1.82) is 0 Å². The molecule has 1 aliphatic rings. The molecule has 0 spiro atoms. The minimum absolute atomic E-state index is 0.122. The van der Waals surface area contributed by atoms with E-state index in [1.54, 1.807) is 13.8 Å². The van der Waals surface area contributed by atoms with E-state index in [0.717, 1.165) is 4.90 Å². The third kappa shape index (κ3) is 10.1. The summed E-state index contributed by atoms with van der Waals surface area (Å²) in [5.74, 6) is -5.11. The fourth-order valence-corrected chi connectivity index (χ4v) is 3.76. The third-order valence-electron chi connectivity index (χ3n) is 5.38. The lowest BCUT2D eigenvalue weighted by Gasteiger charge is -2.32. The molecule has 1 rings (SSSR count). The molecular weight excluding hydrogens is 472 g/mol. The van der Waals surface area contributed by atoms with E-state index in [-0.39, 0.29) is 12.5 Å². The van der Waals surface area contributed by atoms with Crippen molar-refractivity contribution < 1.29 is 50.2 Å². The van der Waals surface area contributed by atoms with Crippen LogP contribution in [0.1, 0.15) is 73.1 Å². The van der Waals surface area contributed by atoms with Gasteiger partial charge in [0.2, 0.25) is 5.91 Å². The van der Waals surface area contributed by atoms with Crippen molar-refractivity contribution >= 4 is 18.0 Å².